The highest BCUT2D eigenvalue weighted by Gasteiger charge is 2.34. The maximum absolute atomic E-state index is 13.3. The molecule has 4 nitrogen and oxygen atoms in total. The lowest BCUT2D eigenvalue weighted by Gasteiger charge is -2.31. The highest BCUT2D eigenvalue weighted by molar-refractivity contribution is 7.16. The standard InChI is InChI=1S/C26H25N3OS/c1-15(2)29-12-11-20-21(14-29)31-26-23(20)25(30)27-24(28-26)22-18-9-5-3-7-16(18)13-17-8-4-6-10-19(17)22/h3-10,13,15,24,28H,11-12,14H2,1-2H3,(H,27,30). The number of rotatable bonds is 2. The normalized spacial score (nSPS) is 18.7. The second-order valence-electron chi connectivity index (χ2n) is 8.81. The topological polar surface area (TPSA) is 44.4 Å². The van der Waals surface area contributed by atoms with Gasteiger partial charge in [-0.3, -0.25) is 9.69 Å². The average molecular weight is 428 g/mol. The van der Waals surface area contributed by atoms with Crippen LogP contribution in [-0.2, 0) is 13.0 Å². The van der Waals surface area contributed by atoms with Gasteiger partial charge in [0.25, 0.3) is 5.91 Å². The van der Waals surface area contributed by atoms with Crippen molar-refractivity contribution in [3.8, 4) is 0 Å². The second-order valence-corrected chi connectivity index (χ2v) is 9.91. The summed E-state index contributed by atoms with van der Waals surface area (Å²) in [6, 6.07) is 19.6. The quantitative estimate of drug-likeness (QED) is 0.405. The summed E-state index contributed by atoms with van der Waals surface area (Å²) in [4.78, 5) is 17.1. The first-order chi connectivity index (χ1) is 15.1. The summed E-state index contributed by atoms with van der Waals surface area (Å²) in [5.41, 5.74) is 3.25. The fraction of sp³-hybridized carbons (Fsp3) is 0.269. The SMILES string of the molecule is CC(C)N1CCc2c(sc3c2C(=O)NC(c2c4ccccc4cc4ccccc24)N3)C1. The number of fused-ring (bicyclic) bond motifs is 5. The molecule has 2 N–H and O–H groups in total. The highest BCUT2D eigenvalue weighted by atomic mass is 32.1. The Balaban J connectivity index is 1.48. The van der Waals surface area contributed by atoms with E-state index in [0.29, 0.717) is 6.04 Å². The van der Waals surface area contributed by atoms with Crippen molar-refractivity contribution in [3.63, 3.8) is 0 Å². The van der Waals surface area contributed by atoms with Crippen LogP contribution >= 0.6 is 11.3 Å². The van der Waals surface area contributed by atoms with E-state index in [2.05, 4.69) is 84.0 Å². The van der Waals surface area contributed by atoms with Crippen LogP contribution in [0.15, 0.2) is 54.6 Å². The van der Waals surface area contributed by atoms with Gasteiger partial charge in [-0.2, -0.15) is 0 Å². The van der Waals surface area contributed by atoms with Crippen LogP contribution in [0.4, 0.5) is 5.00 Å². The molecular weight excluding hydrogens is 402 g/mol. The number of hydrogen-bond donors (Lipinski definition) is 2. The molecule has 31 heavy (non-hydrogen) atoms. The van der Waals surface area contributed by atoms with Gasteiger partial charge in [0, 0.05) is 29.6 Å². The first kappa shape index (κ1) is 18.8. The molecule has 0 spiro atoms. The minimum Gasteiger partial charge on any atom is -0.353 e. The lowest BCUT2D eigenvalue weighted by atomic mass is 9.93. The molecule has 2 aliphatic rings. The molecule has 6 rings (SSSR count). The van der Waals surface area contributed by atoms with Crippen LogP contribution in [0.2, 0.25) is 0 Å². The van der Waals surface area contributed by atoms with Crippen molar-refractivity contribution in [2.75, 3.05) is 11.9 Å². The first-order valence-electron chi connectivity index (χ1n) is 11.0. The van der Waals surface area contributed by atoms with Gasteiger partial charge >= 0.3 is 0 Å². The van der Waals surface area contributed by atoms with Crippen molar-refractivity contribution in [2.24, 2.45) is 0 Å². The summed E-state index contributed by atoms with van der Waals surface area (Å²) in [5, 5.41) is 12.7. The van der Waals surface area contributed by atoms with E-state index >= 15 is 0 Å². The van der Waals surface area contributed by atoms with Crippen LogP contribution in [0.25, 0.3) is 21.5 Å². The van der Waals surface area contributed by atoms with E-state index in [4.69, 9.17) is 0 Å². The van der Waals surface area contributed by atoms with Crippen molar-refractivity contribution in [1.82, 2.24) is 10.2 Å². The lowest BCUT2D eigenvalue weighted by Crippen LogP contribution is -2.39. The van der Waals surface area contributed by atoms with Gasteiger partial charge in [0.15, 0.2) is 0 Å². The third-order valence-electron chi connectivity index (χ3n) is 6.70. The Bertz CT molecular complexity index is 1290. The molecule has 0 radical (unpaired) electrons. The first-order valence-corrected chi connectivity index (χ1v) is 11.8. The minimum absolute atomic E-state index is 0.0475. The Labute approximate surface area is 185 Å². The number of carbonyl (C=O) groups excluding carboxylic acids is 1. The molecule has 4 aromatic rings. The molecule has 0 saturated carbocycles. The molecule has 2 aliphatic heterocycles. The Morgan fingerprint density at radius 1 is 1.00 bits per heavy atom. The van der Waals surface area contributed by atoms with Crippen LogP contribution in [-0.4, -0.2) is 23.4 Å². The summed E-state index contributed by atoms with van der Waals surface area (Å²) in [7, 11) is 0. The Morgan fingerprint density at radius 2 is 1.68 bits per heavy atom. The molecule has 0 fully saturated rings. The predicted molar refractivity (Wildman–Crippen MR) is 129 cm³/mol. The zero-order chi connectivity index (χ0) is 21.1. The van der Waals surface area contributed by atoms with Crippen LogP contribution in [0.1, 0.15) is 46.4 Å². The molecule has 1 aromatic heterocycles. The number of hydrogen-bond acceptors (Lipinski definition) is 4. The fourth-order valence-corrected chi connectivity index (χ4v) is 6.38. The Morgan fingerprint density at radius 3 is 2.35 bits per heavy atom. The highest BCUT2D eigenvalue weighted by Crippen LogP contribution is 2.43. The number of carbonyl (C=O) groups is 1. The summed E-state index contributed by atoms with van der Waals surface area (Å²) in [6.45, 7) is 6.43. The van der Waals surface area contributed by atoms with Crippen molar-refractivity contribution >= 4 is 43.8 Å². The van der Waals surface area contributed by atoms with E-state index in [1.807, 2.05) is 0 Å². The third kappa shape index (κ3) is 2.95. The second kappa shape index (κ2) is 7.08. The molecule has 0 saturated heterocycles. The fourth-order valence-electron chi connectivity index (χ4n) is 5.08. The van der Waals surface area contributed by atoms with Gasteiger partial charge in [-0.25, -0.2) is 0 Å². The molecule has 3 aromatic carbocycles. The monoisotopic (exact) mass is 427 g/mol. The van der Waals surface area contributed by atoms with E-state index < -0.39 is 0 Å². The number of amides is 1. The van der Waals surface area contributed by atoms with Gasteiger partial charge in [0.05, 0.1) is 5.56 Å². The Hall–Kier alpha value is -2.89. The van der Waals surface area contributed by atoms with Gasteiger partial charge in [0.2, 0.25) is 0 Å². The number of anilines is 1. The van der Waals surface area contributed by atoms with Crippen LogP contribution < -0.4 is 10.6 Å². The van der Waals surface area contributed by atoms with Gasteiger partial charge in [0.1, 0.15) is 11.2 Å². The molecule has 0 bridgehead atoms. The molecule has 5 heteroatoms. The van der Waals surface area contributed by atoms with E-state index in [9.17, 15) is 4.79 Å². The van der Waals surface area contributed by atoms with Gasteiger partial charge in [-0.15, -0.1) is 11.3 Å². The van der Waals surface area contributed by atoms with Crippen molar-refractivity contribution < 1.29 is 4.79 Å². The summed E-state index contributed by atoms with van der Waals surface area (Å²) in [5.74, 6) is 0.0475. The number of benzene rings is 3. The molecule has 156 valence electrons. The summed E-state index contributed by atoms with van der Waals surface area (Å²) < 4.78 is 0. The number of nitrogens with zero attached hydrogens (tertiary/aromatic N) is 1. The summed E-state index contributed by atoms with van der Waals surface area (Å²) >= 11 is 1.76. The molecular formula is C26H25N3OS. The van der Waals surface area contributed by atoms with E-state index in [-0.39, 0.29) is 12.1 Å². The number of thiophene rings is 1. The Kier molecular flexibility index (Phi) is 4.30. The van der Waals surface area contributed by atoms with Crippen LogP contribution in [0.5, 0.6) is 0 Å². The predicted octanol–water partition coefficient (Wildman–Crippen LogP) is 5.68. The van der Waals surface area contributed by atoms with Crippen LogP contribution in [0, 0.1) is 0 Å². The third-order valence-corrected chi connectivity index (χ3v) is 7.84. The largest absolute Gasteiger partial charge is 0.353 e. The van der Waals surface area contributed by atoms with E-state index in [1.165, 1.54) is 32.0 Å². The minimum atomic E-state index is -0.252. The lowest BCUT2D eigenvalue weighted by molar-refractivity contribution is 0.0935. The molecule has 3 heterocycles. The van der Waals surface area contributed by atoms with Crippen molar-refractivity contribution in [1.29, 1.82) is 0 Å². The smallest absolute Gasteiger partial charge is 0.256 e. The van der Waals surface area contributed by atoms with E-state index in [1.54, 1.807) is 11.3 Å². The van der Waals surface area contributed by atoms with Crippen molar-refractivity contribution in [2.45, 2.75) is 39.0 Å². The molecule has 1 atom stereocenters. The number of nitrogens with one attached hydrogen (secondary N) is 2. The molecule has 0 aliphatic carbocycles. The maximum atomic E-state index is 13.3. The summed E-state index contributed by atoms with van der Waals surface area (Å²) in [6.07, 6.45) is 0.688. The van der Waals surface area contributed by atoms with Crippen LogP contribution in [0.3, 0.4) is 0 Å². The van der Waals surface area contributed by atoms with Crippen molar-refractivity contribution in [3.05, 3.63) is 76.2 Å². The zero-order valence-corrected chi connectivity index (χ0v) is 18.6. The van der Waals surface area contributed by atoms with Gasteiger partial charge in [-0.1, -0.05) is 48.5 Å². The maximum Gasteiger partial charge on any atom is 0.256 e. The molecule has 1 amide bonds. The molecule has 1 unspecified atom stereocenters. The van der Waals surface area contributed by atoms with Gasteiger partial charge in [-0.05, 0) is 53.4 Å². The van der Waals surface area contributed by atoms with Gasteiger partial charge < -0.3 is 10.6 Å². The average Bonchev–Trinajstić information content (AvgIpc) is 3.15. The van der Waals surface area contributed by atoms with E-state index in [0.717, 1.165) is 35.6 Å². The zero-order valence-electron chi connectivity index (χ0n) is 17.7.